The molecule has 0 saturated heterocycles. The van der Waals surface area contributed by atoms with Crippen LogP contribution in [0.4, 0.5) is 18.9 Å². The second kappa shape index (κ2) is 4.39. The Morgan fingerprint density at radius 2 is 1.88 bits per heavy atom. The molecular weight excluding hydrogens is 231 g/mol. The van der Waals surface area contributed by atoms with Gasteiger partial charge in [0.15, 0.2) is 0 Å². The quantitative estimate of drug-likeness (QED) is 0.686. The molecule has 2 rings (SSSR count). The maximum absolute atomic E-state index is 12.5. The third-order valence-corrected chi connectivity index (χ3v) is 2.85. The Labute approximate surface area is 97.0 Å². The van der Waals surface area contributed by atoms with Crippen LogP contribution in [0, 0.1) is 0 Å². The molecule has 0 N–H and O–H groups in total. The summed E-state index contributed by atoms with van der Waals surface area (Å²) in [5.41, 5.74) is 1.20. The van der Waals surface area contributed by atoms with Crippen molar-refractivity contribution >= 4 is 11.6 Å². The summed E-state index contributed by atoms with van der Waals surface area (Å²) in [6.45, 7) is 0.134. The van der Waals surface area contributed by atoms with E-state index in [1.54, 1.807) is 24.3 Å². The van der Waals surface area contributed by atoms with E-state index in [1.165, 1.54) is 0 Å². The minimum atomic E-state index is -4.81. The van der Waals surface area contributed by atoms with Crippen LogP contribution in [-0.2, 0) is 11.2 Å². The van der Waals surface area contributed by atoms with Crippen LogP contribution in [0.1, 0.15) is 18.4 Å². The van der Waals surface area contributed by atoms with Gasteiger partial charge in [0.05, 0.1) is 0 Å². The number of hydrogen-bond acceptors (Lipinski definition) is 1. The normalized spacial score (nSPS) is 16.3. The maximum Gasteiger partial charge on any atom is 0.471 e. The Morgan fingerprint density at radius 3 is 2.59 bits per heavy atom. The molecular formula is C12H12F3NO. The van der Waals surface area contributed by atoms with Crippen LogP contribution in [0.3, 0.4) is 0 Å². The number of alkyl halides is 3. The number of carbonyl (C=O) groups is 1. The monoisotopic (exact) mass is 243 g/mol. The van der Waals surface area contributed by atoms with Crippen LogP contribution >= 0.6 is 0 Å². The van der Waals surface area contributed by atoms with E-state index in [2.05, 4.69) is 0 Å². The van der Waals surface area contributed by atoms with E-state index < -0.39 is 12.1 Å². The predicted octanol–water partition coefficient (Wildman–Crippen LogP) is 2.92. The Morgan fingerprint density at radius 1 is 1.18 bits per heavy atom. The topological polar surface area (TPSA) is 20.3 Å². The molecule has 1 amide bonds. The van der Waals surface area contributed by atoms with Gasteiger partial charge >= 0.3 is 12.1 Å². The number of para-hydroxylation sites is 1. The van der Waals surface area contributed by atoms with Crippen LogP contribution in [-0.4, -0.2) is 18.6 Å². The van der Waals surface area contributed by atoms with Crippen molar-refractivity contribution in [2.75, 3.05) is 11.4 Å². The molecule has 0 spiro atoms. The van der Waals surface area contributed by atoms with Crippen LogP contribution in [0.2, 0.25) is 0 Å². The molecule has 0 fully saturated rings. The van der Waals surface area contributed by atoms with Gasteiger partial charge in [-0.25, -0.2) is 0 Å². The molecule has 92 valence electrons. The first-order valence-electron chi connectivity index (χ1n) is 5.47. The van der Waals surface area contributed by atoms with Crippen LogP contribution in [0.5, 0.6) is 0 Å². The van der Waals surface area contributed by atoms with Gasteiger partial charge in [-0.2, -0.15) is 13.2 Å². The van der Waals surface area contributed by atoms with Crippen molar-refractivity contribution in [3.63, 3.8) is 0 Å². The van der Waals surface area contributed by atoms with Crippen LogP contribution in [0.25, 0.3) is 0 Å². The number of amides is 1. The highest BCUT2D eigenvalue weighted by molar-refractivity contribution is 5.98. The number of benzene rings is 1. The molecule has 1 heterocycles. The molecule has 1 aliphatic heterocycles. The second-order valence-electron chi connectivity index (χ2n) is 4.04. The van der Waals surface area contributed by atoms with Gasteiger partial charge in [0, 0.05) is 12.2 Å². The van der Waals surface area contributed by atoms with E-state index in [9.17, 15) is 18.0 Å². The average Bonchev–Trinajstić information content (AvgIpc) is 2.48. The highest BCUT2D eigenvalue weighted by Crippen LogP contribution is 2.30. The lowest BCUT2D eigenvalue weighted by atomic mass is 10.1. The lowest BCUT2D eigenvalue weighted by Crippen LogP contribution is -2.41. The molecule has 0 aliphatic carbocycles. The van der Waals surface area contributed by atoms with Crippen molar-refractivity contribution < 1.29 is 18.0 Å². The lowest BCUT2D eigenvalue weighted by molar-refractivity contribution is -0.170. The summed E-state index contributed by atoms with van der Waals surface area (Å²) in [6, 6.07) is 6.78. The van der Waals surface area contributed by atoms with Crippen LogP contribution in [0.15, 0.2) is 24.3 Å². The van der Waals surface area contributed by atoms with Crippen LogP contribution < -0.4 is 4.90 Å². The van der Waals surface area contributed by atoms with E-state index >= 15 is 0 Å². The predicted molar refractivity (Wildman–Crippen MR) is 57.8 cm³/mol. The summed E-state index contributed by atoms with van der Waals surface area (Å²) in [5.74, 6) is -1.77. The fourth-order valence-electron chi connectivity index (χ4n) is 2.06. The van der Waals surface area contributed by atoms with Crippen molar-refractivity contribution in [2.24, 2.45) is 0 Å². The molecule has 17 heavy (non-hydrogen) atoms. The number of rotatable bonds is 0. The smallest absolute Gasteiger partial charge is 0.304 e. The number of fused-ring (bicyclic) bond motifs is 1. The molecule has 2 nitrogen and oxygen atoms in total. The van der Waals surface area contributed by atoms with Gasteiger partial charge in [-0.3, -0.25) is 4.79 Å². The zero-order valence-corrected chi connectivity index (χ0v) is 9.13. The van der Waals surface area contributed by atoms with E-state index in [0.29, 0.717) is 12.1 Å². The summed E-state index contributed by atoms with van der Waals surface area (Å²) in [5, 5.41) is 0. The SMILES string of the molecule is O=C(N1CCCCc2ccccc21)C(F)(F)F. The fraction of sp³-hybridized carbons (Fsp3) is 0.417. The van der Waals surface area contributed by atoms with Gasteiger partial charge in [0.2, 0.25) is 0 Å². The van der Waals surface area contributed by atoms with Crippen molar-refractivity contribution in [2.45, 2.75) is 25.4 Å². The molecule has 0 atom stereocenters. The van der Waals surface area contributed by atoms with Gasteiger partial charge in [0.25, 0.3) is 0 Å². The number of hydrogen-bond donors (Lipinski definition) is 0. The van der Waals surface area contributed by atoms with E-state index in [1.807, 2.05) is 0 Å². The molecule has 0 radical (unpaired) electrons. The van der Waals surface area contributed by atoms with Crippen molar-refractivity contribution in [1.82, 2.24) is 0 Å². The van der Waals surface area contributed by atoms with E-state index in [-0.39, 0.29) is 6.54 Å². The summed E-state index contributed by atoms with van der Waals surface area (Å²) in [4.78, 5) is 12.2. The minimum Gasteiger partial charge on any atom is -0.304 e. The second-order valence-corrected chi connectivity index (χ2v) is 4.04. The van der Waals surface area contributed by atoms with Crippen molar-refractivity contribution in [1.29, 1.82) is 0 Å². The van der Waals surface area contributed by atoms with Crippen molar-refractivity contribution in [3.8, 4) is 0 Å². The third kappa shape index (κ3) is 2.43. The Kier molecular flexibility index (Phi) is 3.09. The van der Waals surface area contributed by atoms with Gasteiger partial charge in [-0.1, -0.05) is 18.2 Å². The molecule has 1 aromatic rings. The number of halogens is 3. The van der Waals surface area contributed by atoms with Gasteiger partial charge in [-0.15, -0.1) is 0 Å². The highest BCUT2D eigenvalue weighted by atomic mass is 19.4. The number of aryl methyl sites for hydroxylation is 1. The summed E-state index contributed by atoms with van der Waals surface area (Å²) >= 11 is 0. The molecule has 0 aromatic heterocycles. The minimum absolute atomic E-state index is 0.134. The average molecular weight is 243 g/mol. The van der Waals surface area contributed by atoms with E-state index in [0.717, 1.165) is 23.3 Å². The first kappa shape index (κ1) is 12.0. The standard InChI is InChI=1S/C12H12F3NO/c13-12(14,15)11(17)16-8-4-3-6-9-5-1-2-7-10(9)16/h1-2,5,7H,3-4,6,8H2. The highest BCUT2D eigenvalue weighted by Gasteiger charge is 2.43. The lowest BCUT2D eigenvalue weighted by Gasteiger charge is -2.23. The Balaban J connectivity index is 2.38. The first-order chi connectivity index (χ1) is 8.00. The number of carbonyl (C=O) groups excluding carboxylic acids is 1. The summed E-state index contributed by atoms with van der Waals surface area (Å²) < 4.78 is 37.4. The molecule has 0 unspecified atom stereocenters. The number of nitrogens with zero attached hydrogens (tertiary/aromatic N) is 1. The zero-order valence-electron chi connectivity index (χ0n) is 9.13. The number of anilines is 1. The first-order valence-corrected chi connectivity index (χ1v) is 5.47. The fourth-order valence-corrected chi connectivity index (χ4v) is 2.06. The molecule has 1 aromatic carbocycles. The van der Waals surface area contributed by atoms with Gasteiger partial charge in [-0.05, 0) is 30.9 Å². The van der Waals surface area contributed by atoms with Gasteiger partial charge < -0.3 is 4.90 Å². The third-order valence-electron chi connectivity index (χ3n) is 2.85. The molecule has 1 aliphatic rings. The van der Waals surface area contributed by atoms with Gasteiger partial charge in [0.1, 0.15) is 0 Å². The van der Waals surface area contributed by atoms with E-state index in [4.69, 9.17) is 0 Å². The maximum atomic E-state index is 12.5. The summed E-state index contributed by atoms with van der Waals surface area (Å²) in [7, 11) is 0. The summed E-state index contributed by atoms with van der Waals surface area (Å²) in [6.07, 6.45) is -2.69. The Hall–Kier alpha value is -1.52. The molecule has 0 saturated carbocycles. The van der Waals surface area contributed by atoms with Crippen molar-refractivity contribution in [3.05, 3.63) is 29.8 Å². The molecule has 0 bridgehead atoms. The zero-order chi connectivity index (χ0) is 12.5. The largest absolute Gasteiger partial charge is 0.471 e. The molecule has 5 heteroatoms. The Bertz CT molecular complexity index is 428.